The van der Waals surface area contributed by atoms with Crippen molar-refractivity contribution in [3.8, 4) is 0 Å². The highest BCUT2D eigenvalue weighted by Crippen LogP contribution is 2.35. The zero-order chi connectivity index (χ0) is 23.3. The molecule has 1 aromatic heterocycles. The fourth-order valence-electron chi connectivity index (χ4n) is 5.01. The second-order valence-electron chi connectivity index (χ2n) is 8.40. The molecule has 10 heteroatoms. The number of thiazole rings is 1. The molecule has 0 radical (unpaired) electrons. The Labute approximate surface area is 195 Å². The second kappa shape index (κ2) is 8.33. The maximum atomic E-state index is 13.8. The van der Waals surface area contributed by atoms with Gasteiger partial charge in [-0.25, -0.2) is 4.79 Å². The summed E-state index contributed by atoms with van der Waals surface area (Å²) >= 11 is 1.21. The summed E-state index contributed by atoms with van der Waals surface area (Å²) in [4.78, 5) is 45.8. The Bertz CT molecular complexity index is 1300. The van der Waals surface area contributed by atoms with Crippen LogP contribution in [0, 0.1) is 0 Å². The molecule has 2 unspecified atom stereocenters. The average Bonchev–Trinajstić information content (AvgIpc) is 3.40. The number of likely N-dealkylation sites (N-methyl/N-ethyl adjacent to an activating group) is 2. The number of carbonyl (C=O) groups is 2. The number of nitrogens with zero attached hydrogens (tertiary/aromatic N) is 5. The van der Waals surface area contributed by atoms with Crippen molar-refractivity contribution in [2.24, 2.45) is 5.10 Å². The minimum atomic E-state index is -0.500. The van der Waals surface area contributed by atoms with Crippen molar-refractivity contribution in [3.05, 3.63) is 49.5 Å². The molecular formula is C23H28N6O3S. The number of nitrogens with one attached hydrogen (secondary N) is 1. The zero-order valence-corrected chi connectivity index (χ0v) is 19.9. The molecule has 0 spiro atoms. The predicted octanol–water partition coefficient (Wildman–Crippen LogP) is 1.39. The maximum absolute atomic E-state index is 13.8. The van der Waals surface area contributed by atoms with Crippen LogP contribution in [0.4, 0.5) is 10.5 Å². The number of unbranched alkanes of at least 4 members (excludes halogenated alkanes) is 2. The number of hydrogen-bond acceptors (Lipinski definition) is 6. The zero-order valence-electron chi connectivity index (χ0n) is 19.1. The Morgan fingerprint density at radius 2 is 1.79 bits per heavy atom. The van der Waals surface area contributed by atoms with Gasteiger partial charge in [0, 0.05) is 25.2 Å². The van der Waals surface area contributed by atoms with E-state index in [2.05, 4.69) is 17.5 Å². The van der Waals surface area contributed by atoms with Gasteiger partial charge in [-0.2, -0.15) is 0 Å². The van der Waals surface area contributed by atoms with Gasteiger partial charge in [0.15, 0.2) is 12.3 Å². The van der Waals surface area contributed by atoms with E-state index < -0.39 is 12.3 Å². The van der Waals surface area contributed by atoms with Crippen LogP contribution in [0.2, 0.25) is 0 Å². The van der Waals surface area contributed by atoms with Crippen LogP contribution in [0.5, 0.6) is 0 Å². The third-order valence-corrected chi connectivity index (χ3v) is 7.67. The molecule has 4 heterocycles. The van der Waals surface area contributed by atoms with Crippen LogP contribution in [0.3, 0.4) is 0 Å². The highest BCUT2D eigenvalue weighted by Gasteiger charge is 2.48. The van der Waals surface area contributed by atoms with Crippen molar-refractivity contribution in [2.45, 2.75) is 52.4 Å². The number of amides is 3. The summed E-state index contributed by atoms with van der Waals surface area (Å²) < 4.78 is 1.96. The van der Waals surface area contributed by atoms with Gasteiger partial charge in [-0.05, 0) is 26.3 Å². The number of fused-ring (bicyclic) bond motifs is 4. The number of benzene rings is 1. The summed E-state index contributed by atoms with van der Waals surface area (Å²) in [7, 11) is 0. The van der Waals surface area contributed by atoms with E-state index in [1.54, 1.807) is 19.3 Å². The summed E-state index contributed by atoms with van der Waals surface area (Å²) in [5.74, 6) is -0.141. The monoisotopic (exact) mass is 468 g/mol. The van der Waals surface area contributed by atoms with E-state index in [9.17, 15) is 14.4 Å². The van der Waals surface area contributed by atoms with Gasteiger partial charge in [0.05, 0.1) is 11.3 Å². The summed E-state index contributed by atoms with van der Waals surface area (Å²) in [5, 5.41) is 4.42. The quantitative estimate of drug-likeness (QED) is 0.649. The van der Waals surface area contributed by atoms with Crippen LogP contribution in [0.25, 0.3) is 5.57 Å². The van der Waals surface area contributed by atoms with E-state index in [4.69, 9.17) is 0 Å². The number of rotatable bonds is 6. The van der Waals surface area contributed by atoms with Gasteiger partial charge < -0.3 is 4.90 Å². The van der Waals surface area contributed by atoms with Gasteiger partial charge >= 0.3 is 6.03 Å². The highest BCUT2D eigenvalue weighted by molar-refractivity contribution is 7.07. The van der Waals surface area contributed by atoms with Crippen LogP contribution in [0.15, 0.2) is 34.2 Å². The Hall–Kier alpha value is -3.14. The van der Waals surface area contributed by atoms with E-state index in [1.165, 1.54) is 11.3 Å². The Balaban J connectivity index is 1.68. The molecule has 2 aromatic rings. The molecule has 0 saturated carbocycles. The minimum absolute atomic E-state index is 0.123. The second-order valence-corrected chi connectivity index (χ2v) is 9.38. The molecule has 5 rings (SSSR count). The maximum Gasteiger partial charge on any atom is 0.323 e. The van der Waals surface area contributed by atoms with Crippen LogP contribution < -0.4 is 25.2 Å². The topological polar surface area (TPSA) is 90.2 Å². The molecule has 3 amide bonds. The highest BCUT2D eigenvalue weighted by atomic mass is 32.1. The van der Waals surface area contributed by atoms with Crippen molar-refractivity contribution in [3.63, 3.8) is 0 Å². The van der Waals surface area contributed by atoms with Crippen molar-refractivity contribution in [2.75, 3.05) is 24.5 Å². The van der Waals surface area contributed by atoms with Gasteiger partial charge in [0.1, 0.15) is 4.53 Å². The Morgan fingerprint density at radius 3 is 2.52 bits per heavy atom. The van der Waals surface area contributed by atoms with Crippen LogP contribution >= 0.6 is 11.3 Å². The molecule has 1 fully saturated rings. The number of anilines is 1. The third kappa shape index (κ3) is 3.11. The first-order chi connectivity index (χ1) is 16.0. The summed E-state index contributed by atoms with van der Waals surface area (Å²) in [6.07, 6.45) is 2.10. The largest absolute Gasteiger partial charge is 0.323 e. The first-order valence-electron chi connectivity index (χ1n) is 11.6. The molecule has 9 nitrogen and oxygen atoms in total. The number of aromatic nitrogens is 1. The molecule has 1 N–H and O–H groups in total. The molecule has 1 saturated heterocycles. The molecule has 0 bridgehead atoms. The van der Waals surface area contributed by atoms with E-state index in [0.29, 0.717) is 34.5 Å². The number of urea groups is 1. The van der Waals surface area contributed by atoms with Gasteiger partial charge in [-0.15, -0.1) is 5.10 Å². The lowest BCUT2D eigenvalue weighted by Gasteiger charge is -2.29. The average molecular weight is 469 g/mol. The molecule has 1 aromatic carbocycles. The SMILES string of the molecule is CCCCCN1C(=O)/C(=c2\sc3n(c2=O)C2C(NN=3)N(CC)C(=O)N2CC)c2ccccc21. The van der Waals surface area contributed by atoms with Crippen molar-refractivity contribution in [1.82, 2.24) is 19.8 Å². The van der Waals surface area contributed by atoms with Gasteiger partial charge in [-0.1, -0.05) is 49.3 Å². The van der Waals surface area contributed by atoms with E-state index in [0.717, 1.165) is 30.5 Å². The fourth-order valence-corrected chi connectivity index (χ4v) is 6.07. The van der Waals surface area contributed by atoms with Gasteiger partial charge in [-0.3, -0.25) is 29.4 Å². The number of hydrogen-bond donors (Lipinski definition) is 1. The molecule has 174 valence electrons. The lowest BCUT2D eigenvalue weighted by atomic mass is 10.1. The lowest BCUT2D eigenvalue weighted by Crippen LogP contribution is -2.53. The lowest BCUT2D eigenvalue weighted by molar-refractivity contribution is -0.113. The summed E-state index contributed by atoms with van der Waals surface area (Å²) in [6.45, 7) is 7.54. The Morgan fingerprint density at radius 1 is 1.03 bits per heavy atom. The number of carbonyl (C=O) groups excluding carboxylic acids is 2. The molecule has 33 heavy (non-hydrogen) atoms. The first kappa shape index (κ1) is 21.7. The molecule has 0 aliphatic carbocycles. The van der Waals surface area contributed by atoms with Crippen molar-refractivity contribution in [1.29, 1.82) is 0 Å². The van der Waals surface area contributed by atoms with Crippen LogP contribution in [0.1, 0.15) is 51.8 Å². The number of para-hydroxylation sites is 1. The molecule has 3 aliphatic rings. The standard InChI is InChI=1S/C23H28N6O3S/c1-4-7-10-13-28-15-12-9-8-11-14(15)16(20(28)30)17-21(31)29-19-18(24-25-22(29)33-17)26(5-2)23(32)27(19)6-3/h8-9,11-12,18-19,24H,4-7,10,13H2,1-3H3/b17-16-. The van der Waals surface area contributed by atoms with E-state index in [-0.39, 0.29) is 17.5 Å². The summed E-state index contributed by atoms with van der Waals surface area (Å²) in [6, 6.07) is 7.53. The van der Waals surface area contributed by atoms with E-state index in [1.807, 2.05) is 38.1 Å². The normalized spacial score (nSPS) is 22.8. The predicted molar refractivity (Wildman–Crippen MR) is 126 cm³/mol. The van der Waals surface area contributed by atoms with Crippen LogP contribution in [-0.2, 0) is 4.79 Å². The van der Waals surface area contributed by atoms with Gasteiger partial charge in [0.2, 0.25) is 4.80 Å². The van der Waals surface area contributed by atoms with Crippen molar-refractivity contribution >= 4 is 34.5 Å². The third-order valence-electron chi connectivity index (χ3n) is 6.62. The fraction of sp³-hybridized carbons (Fsp3) is 0.478. The molecule has 2 atom stereocenters. The van der Waals surface area contributed by atoms with Crippen LogP contribution in [-0.4, -0.2) is 52.1 Å². The van der Waals surface area contributed by atoms with Gasteiger partial charge in [0.25, 0.3) is 11.5 Å². The van der Waals surface area contributed by atoms with E-state index >= 15 is 0 Å². The Kier molecular flexibility index (Phi) is 5.48. The minimum Gasteiger partial charge on any atom is -0.308 e. The summed E-state index contributed by atoms with van der Waals surface area (Å²) in [5.41, 5.74) is 4.87. The van der Waals surface area contributed by atoms with Crippen molar-refractivity contribution < 1.29 is 9.59 Å². The molecule has 3 aliphatic heterocycles. The smallest absolute Gasteiger partial charge is 0.308 e. The molecular weight excluding hydrogens is 440 g/mol. The first-order valence-corrected chi connectivity index (χ1v) is 12.4.